The van der Waals surface area contributed by atoms with Gasteiger partial charge < -0.3 is 9.47 Å². The Bertz CT molecular complexity index is 448. The molecule has 2 aliphatic heterocycles. The Morgan fingerprint density at radius 2 is 2.23 bits per heavy atom. The van der Waals surface area contributed by atoms with Crippen molar-refractivity contribution in [1.82, 2.24) is 4.90 Å². The third-order valence-corrected chi connectivity index (χ3v) is 4.79. The minimum absolute atomic E-state index is 0.796. The number of ether oxygens (including phenoxy) is 2. The Hall–Kier alpha value is -0.970. The molecule has 2 heterocycles. The molecule has 0 atom stereocenters. The molecule has 0 aromatic rings. The van der Waals surface area contributed by atoms with Crippen LogP contribution in [0.15, 0.2) is 46.5 Å². The second-order valence-electron chi connectivity index (χ2n) is 5.55. The summed E-state index contributed by atoms with van der Waals surface area (Å²) in [5.74, 6) is 0.989. The Labute approximate surface area is 138 Å². The summed E-state index contributed by atoms with van der Waals surface area (Å²) in [6, 6.07) is 0. The predicted molar refractivity (Wildman–Crippen MR) is 94.8 cm³/mol. The first kappa shape index (κ1) is 17.4. The highest BCUT2D eigenvalue weighted by atomic mass is 32.2. The molecule has 0 aromatic heterocycles. The number of unbranched alkanes of at least 4 members (excludes halogenated alkanes) is 1. The van der Waals surface area contributed by atoms with Crippen molar-refractivity contribution in [2.75, 3.05) is 39.5 Å². The van der Waals surface area contributed by atoms with E-state index in [-0.39, 0.29) is 0 Å². The van der Waals surface area contributed by atoms with Crippen molar-refractivity contribution in [3.05, 3.63) is 46.5 Å². The van der Waals surface area contributed by atoms with E-state index in [9.17, 15) is 0 Å². The van der Waals surface area contributed by atoms with Crippen molar-refractivity contribution in [3.63, 3.8) is 0 Å². The molecule has 0 spiro atoms. The summed E-state index contributed by atoms with van der Waals surface area (Å²) in [6.45, 7) is 11.8. The lowest BCUT2D eigenvalue weighted by atomic mass is 10.1. The van der Waals surface area contributed by atoms with Gasteiger partial charge in [-0.05, 0) is 49.8 Å². The van der Waals surface area contributed by atoms with Gasteiger partial charge in [-0.3, -0.25) is 4.90 Å². The van der Waals surface area contributed by atoms with Crippen LogP contribution in [0.1, 0.15) is 26.2 Å². The van der Waals surface area contributed by atoms with Gasteiger partial charge in [0, 0.05) is 18.0 Å². The van der Waals surface area contributed by atoms with Crippen LogP contribution >= 0.6 is 11.8 Å². The van der Waals surface area contributed by atoms with Crippen molar-refractivity contribution in [3.8, 4) is 0 Å². The zero-order chi connectivity index (χ0) is 15.6. The summed E-state index contributed by atoms with van der Waals surface area (Å²) in [7, 11) is 0. The highest BCUT2D eigenvalue weighted by Gasteiger charge is 2.09. The molecule has 0 aliphatic carbocycles. The van der Waals surface area contributed by atoms with Crippen LogP contribution in [-0.4, -0.2) is 44.4 Å². The average Bonchev–Trinajstić information content (AvgIpc) is 2.56. The van der Waals surface area contributed by atoms with Crippen molar-refractivity contribution < 1.29 is 9.47 Å². The quantitative estimate of drug-likeness (QED) is 0.495. The summed E-state index contributed by atoms with van der Waals surface area (Å²) < 4.78 is 11.2. The van der Waals surface area contributed by atoms with E-state index in [0.717, 1.165) is 58.1 Å². The van der Waals surface area contributed by atoms with Crippen LogP contribution in [0, 0.1) is 0 Å². The lowest BCUT2D eigenvalue weighted by Crippen LogP contribution is -2.36. The van der Waals surface area contributed by atoms with E-state index in [4.69, 9.17) is 9.47 Å². The first-order chi connectivity index (χ1) is 10.8. The van der Waals surface area contributed by atoms with E-state index in [0.29, 0.717) is 0 Å². The van der Waals surface area contributed by atoms with Crippen LogP contribution < -0.4 is 0 Å². The van der Waals surface area contributed by atoms with E-state index in [2.05, 4.69) is 29.0 Å². The molecule has 0 saturated carbocycles. The van der Waals surface area contributed by atoms with Crippen LogP contribution in [0.4, 0.5) is 0 Å². The lowest BCUT2D eigenvalue weighted by molar-refractivity contribution is 0.0364. The summed E-state index contributed by atoms with van der Waals surface area (Å²) in [5, 5.41) is 2.13. The second kappa shape index (κ2) is 9.93. The highest BCUT2D eigenvalue weighted by molar-refractivity contribution is 8.06. The number of morpholine rings is 1. The van der Waals surface area contributed by atoms with E-state index >= 15 is 0 Å². The van der Waals surface area contributed by atoms with Crippen molar-refractivity contribution in [2.24, 2.45) is 0 Å². The van der Waals surface area contributed by atoms with E-state index in [1.54, 1.807) is 11.8 Å². The zero-order valence-corrected chi connectivity index (χ0v) is 14.4. The van der Waals surface area contributed by atoms with Gasteiger partial charge in [0.25, 0.3) is 0 Å². The van der Waals surface area contributed by atoms with E-state index in [1.165, 1.54) is 16.9 Å². The Kier molecular flexibility index (Phi) is 7.85. The predicted octanol–water partition coefficient (Wildman–Crippen LogP) is 4.11. The summed E-state index contributed by atoms with van der Waals surface area (Å²) in [4.78, 5) is 3.72. The van der Waals surface area contributed by atoms with Crippen LogP contribution in [0.25, 0.3) is 0 Å². The van der Waals surface area contributed by atoms with Crippen LogP contribution in [0.3, 0.4) is 0 Å². The van der Waals surface area contributed by atoms with Crippen molar-refractivity contribution in [1.29, 1.82) is 0 Å². The van der Waals surface area contributed by atoms with E-state index in [1.807, 2.05) is 13.0 Å². The van der Waals surface area contributed by atoms with Gasteiger partial charge in [0.15, 0.2) is 0 Å². The number of thioether (sulfide) groups is 1. The fraction of sp³-hybridized carbons (Fsp3) is 0.556. The van der Waals surface area contributed by atoms with Crippen molar-refractivity contribution in [2.45, 2.75) is 26.2 Å². The number of rotatable bonds is 8. The zero-order valence-electron chi connectivity index (χ0n) is 13.6. The maximum atomic E-state index is 5.84. The maximum Gasteiger partial charge on any atom is 0.0940 e. The molecule has 1 saturated heterocycles. The second-order valence-corrected chi connectivity index (χ2v) is 6.50. The molecule has 2 rings (SSSR count). The third kappa shape index (κ3) is 6.03. The normalized spacial score (nSPS) is 20.3. The number of hydrogen-bond acceptors (Lipinski definition) is 4. The molecule has 1 fully saturated rings. The standard InChI is InChI=1S/C18H27NO2S/c1-3-17-7-6-14-22-18(17)15-16(2)21-11-5-4-8-19-9-12-20-13-10-19/h3,6,14-15H,1,4-5,7-13H2,2H3/b16-15+. The molecular formula is C18H27NO2S. The molecule has 2 aliphatic rings. The van der Waals surface area contributed by atoms with Gasteiger partial charge in [-0.25, -0.2) is 0 Å². The Balaban J connectivity index is 1.64. The molecule has 0 unspecified atom stereocenters. The molecule has 122 valence electrons. The summed E-state index contributed by atoms with van der Waals surface area (Å²) in [6.07, 6.45) is 9.50. The van der Waals surface area contributed by atoms with Gasteiger partial charge >= 0.3 is 0 Å². The Morgan fingerprint density at radius 3 is 3.00 bits per heavy atom. The summed E-state index contributed by atoms with van der Waals surface area (Å²) in [5.41, 5.74) is 1.28. The first-order valence-corrected chi connectivity index (χ1v) is 8.96. The fourth-order valence-corrected chi connectivity index (χ4v) is 3.40. The van der Waals surface area contributed by atoms with Crippen LogP contribution in [0.5, 0.6) is 0 Å². The molecule has 3 nitrogen and oxygen atoms in total. The van der Waals surface area contributed by atoms with Crippen LogP contribution in [-0.2, 0) is 9.47 Å². The molecule has 4 heteroatoms. The molecule has 0 bridgehead atoms. The largest absolute Gasteiger partial charge is 0.498 e. The number of nitrogens with zero attached hydrogens (tertiary/aromatic N) is 1. The monoisotopic (exact) mass is 321 g/mol. The van der Waals surface area contributed by atoms with Gasteiger partial charge in [-0.15, -0.1) is 0 Å². The minimum Gasteiger partial charge on any atom is -0.498 e. The SMILES string of the molecule is C=CC1=C(/C=C(\C)OCCCCN2CCOCC2)SC=CC1. The Morgan fingerprint density at radius 1 is 1.41 bits per heavy atom. The molecular weight excluding hydrogens is 294 g/mol. The van der Waals surface area contributed by atoms with Gasteiger partial charge in [0.1, 0.15) is 0 Å². The highest BCUT2D eigenvalue weighted by Crippen LogP contribution is 2.30. The van der Waals surface area contributed by atoms with E-state index < -0.39 is 0 Å². The van der Waals surface area contributed by atoms with Gasteiger partial charge in [-0.1, -0.05) is 30.5 Å². The maximum absolute atomic E-state index is 5.84. The smallest absolute Gasteiger partial charge is 0.0940 e. The van der Waals surface area contributed by atoms with Crippen molar-refractivity contribution >= 4 is 11.8 Å². The van der Waals surface area contributed by atoms with Gasteiger partial charge in [-0.2, -0.15) is 0 Å². The molecule has 0 amide bonds. The van der Waals surface area contributed by atoms with Gasteiger partial charge in [0.2, 0.25) is 0 Å². The first-order valence-electron chi connectivity index (χ1n) is 8.08. The molecule has 22 heavy (non-hydrogen) atoms. The van der Waals surface area contributed by atoms with Crippen LogP contribution in [0.2, 0.25) is 0 Å². The summed E-state index contributed by atoms with van der Waals surface area (Å²) >= 11 is 1.74. The molecule has 0 radical (unpaired) electrons. The molecule has 0 aromatic carbocycles. The fourth-order valence-electron chi connectivity index (χ4n) is 2.51. The topological polar surface area (TPSA) is 21.7 Å². The number of hydrogen-bond donors (Lipinski definition) is 0. The van der Waals surface area contributed by atoms with Gasteiger partial charge in [0.05, 0.1) is 25.6 Å². The lowest BCUT2D eigenvalue weighted by Gasteiger charge is -2.26. The number of allylic oxidation sites excluding steroid dienone is 5. The average molecular weight is 321 g/mol. The minimum atomic E-state index is 0.796. The molecule has 0 N–H and O–H groups in total. The third-order valence-electron chi connectivity index (χ3n) is 3.83.